The van der Waals surface area contributed by atoms with E-state index in [0.717, 1.165) is 18.4 Å². The molecule has 3 rings (SSSR count). The van der Waals surface area contributed by atoms with Crippen molar-refractivity contribution in [2.45, 2.75) is 25.3 Å². The normalized spacial score (nSPS) is 17.7. The van der Waals surface area contributed by atoms with Crippen molar-refractivity contribution in [2.24, 2.45) is 7.05 Å². The standard InChI is InChI=1S/C18H21FN4O2/c1-22(15-5-3-4-10-20-17(15)24)18(25)14-11-16(23(2)21-14)12-6-8-13(19)9-7-12/h6-9,11,15H,3-5,10H2,1-2H3,(H,20,24). The van der Waals surface area contributed by atoms with Gasteiger partial charge in [-0.2, -0.15) is 5.10 Å². The number of nitrogens with one attached hydrogen (secondary N) is 1. The van der Waals surface area contributed by atoms with E-state index in [2.05, 4.69) is 10.4 Å². The topological polar surface area (TPSA) is 67.2 Å². The molecule has 132 valence electrons. The molecule has 2 heterocycles. The van der Waals surface area contributed by atoms with Crippen molar-refractivity contribution in [1.29, 1.82) is 0 Å². The molecule has 1 fully saturated rings. The molecule has 2 aromatic rings. The third-order valence-electron chi connectivity index (χ3n) is 4.53. The van der Waals surface area contributed by atoms with Crippen LogP contribution in [0.3, 0.4) is 0 Å². The summed E-state index contributed by atoms with van der Waals surface area (Å²) in [7, 11) is 3.36. The molecular weight excluding hydrogens is 323 g/mol. The van der Waals surface area contributed by atoms with Gasteiger partial charge in [0.15, 0.2) is 5.69 Å². The zero-order valence-corrected chi connectivity index (χ0v) is 14.3. The van der Waals surface area contributed by atoms with Gasteiger partial charge in [-0.1, -0.05) is 0 Å². The van der Waals surface area contributed by atoms with E-state index in [4.69, 9.17) is 0 Å². The summed E-state index contributed by atoms with van der Waals surface area (Å²) >= 11 is 0. The van der Waals surface area contributed by atoms with E-state index in [1.807, 2.05) is 0 Å². The lowest BCUT2D eigenvalue weighted by molar-refractivity contribution is -0.125. The molecule has 0 aliphatic carbocycles. The van der Waals surface area contributed by atoms with Gasteiger partial charge in [-0.15, -0.1) is 0 Å². The zero-order valence-electron chi connectivity index (χ0n) is 14.3. The van der Waals surface area contributed by atoms with Crippen LogP contribution in [-0.4, -0.2) is 46.1 Å². The average molecular weight is 344 g/mol. The number of aryl methyl sites for hydroxylation is 1. The minimum atomic E-state index is -0.480. The van der Waals surface area contributed by atoms with Crippen molar-refractivity contribution in [3.8, 4) is 11.3 Å². The summed E-state index contributed by atoms with van der Waals surface area (Å²) in [6.07, 6.45) is 2.46. The van der Waals surface area contributed by atoms with Gasteiger partial charge in [-0.25, -0.2) is 4.39 Å². The van der Waals surface area contributed by atoms with Crippen molar-refractivity contribution < 1.29 is 14.0 Å². The Bertz CT molecular complexity index is 785. The molecule has 0 radical (unpaired) electrons. The minimum Gasteiger partial charge on any atom is -0.354 e. The second-order valence-corrected chi connectivity index (χ2v) is 6.26. The molecule has 1 aliphatic rings. The van der Waals surface area contributed by atoms with Gasteiger partial charge in [0.05, 0.1) is 5.69 Å². The number of nitrogens with zero attached hydrogens (tertiary/aromatic N) is 3. The van der Waals surface area contributed by atoms with E-state index in [-0.39, 0.29) is 23.3 Å². The summed E-state index contributed by atoms with van der Waals surface area (Å²) in [5, 5.41) is 7.11. The van der Waals surface area contributed by atoms with Crippen molar-refractivity contribution in [2.75, 3.05) is 13.6 Å². The molecule has 6 nitrogen and oxygen atoms in total. The van der Waals surface area contributed by atoms with Gasteiger partial charge in [-0.3, -0.25) is 14.3 Å². The summed E-state index contributed by atoms with van der Waals surface area (Å²) in [5.74, 6) is -0.740. The number of benzene rings is 1. The molecular formula is C18H21FN4O2. The Hall–Kier alpha value is -2.70. The van der Waals surface area contributed by atoms with Crippen molar-refractivity contribution in [3.63, 3.8) is 0 Å². The third kappa shape index (κ3) is 3.55. The molecule has 0 bridgehead atoms. The number of amides is 2. The number of hydrogen-bond donors (Lipinski definition) is 1. The second kappa shape index (κ2) is 7.04. The number of aromatic nitrogens is 2. The number of rotatable bonds is 3. The molecule has 0 spiro atoms. The Morgan fingerprint density at radius 1 is 1.32 bits per heavy atom. The molecule has 1 unspecified atom stereocenters. The van der Waals surface area contributed by atoms with Gasteiger partial charge in [0, 0.05) is 20.6 Å². The minimum absolute atomic E-state index is 0.122. The van der Waals surface area contributed by atoms with Gasteiger partial charge in [0.2, 0.25) is 5.91 Å². The lowest BCUT2D eigenvalue weighted by Crippen LogP contribution is -2.46. The van der Waals surface area contributed by atoms with Crippen LogP contribution in [0, 0.1) is 5.82 Å². The first-order chi connectivity index (χ1) is 12.0. The summed E-state index contributed by atoms with van der Waals surface area (Å²) < 4.78 is 14.7. The predicted molar refractivity (Wildman–Crippen MR) is 91.3 cm³/mol. The largest absolute Gasteiger partial charge is 0.354 e. The fourth-order valence-electron chi connectivity index (χ4n) is 3.08. The second-order valence-electron chi connectivity index (χ2n) is 6.26. The third-order valence-corrected chi connectivity index (χ3v) is 4.53. The number of carbonyl (C=O) groups is 2. The van der Waals surface area contributed by atoms with E-state index in [1.54, 1.807) is 37.0 Å². The van der Waals surface area contributed by atoms with E-state index in [1.165, 1.54) is 17.0 Å². The molecule has 1 aliphatic heterocycles. The van der Waals surface area contributed by atoms with Crippen molar-refractivity contribution in [3.05, 3.63) is 41.8 Å². The van der Waals surface area contributed by atoms with Crippen LogP contribution in [0.5, 0.6) is 0 Å². The SMILES string of the molecule is CN(C(=O)c1cc(-c2ccc(F)cc2)n(C)n1)C1CCCCNC1=O. The Labute approximate surface area is 145 Å². The van der Waals surface area contributed by atoms with Crippen LogP contribution in [0.15, 0.2) is 30.3 Å². The molecule has 1 saturated heterocycles. The first-order valence-electron chi connectivity index (χ1n) is 8.32. The Morgan fingerprint density at radius 3 is 2.76 bits per heavy atom. The van der Waals surface area contributed by atoms with Crippen molar-refractivity contribution >= 4 is 11.8 Å². The Kier molecular flexibility index (Phi) is 4.83. The molecule has 1 aromatic heterocycles. The van der Waals surface area contributed by atoms with Crippen LogP contribution in [0.2, 0.25) is 0 Å². The smallest absolute Gasteiger partial charge is 0.274 e. The van der Waals surface area contributed by atoms with Gasteiger partial charge >= 0.3 is 0 Å². The highest BCUT2D eigenvalue weighted by molar-refractivity contribution is 5.96. The van der Waals surface area contributed by atoms with Crippen LogP contribution >= 0.6 is 0 Å². The molecule has 1 aromatic carbocycles. The number of hydrogen-bond acceptors (Lipinski definition) is 3. The Balaban J connectivity index is 1.84. The van der Waals surface area contributed by atoms with Crippen LogP contribution in [0.25, 0.3) is 11.3 Å². The van der Waals surface area contributed by atoms with E-state index < -0.39 is 6.04 Å². The van der Waals surface area contributed by atoms with Gasteiger partial charge < -0.3 is 10.2 Å². The van der Waals surface area contributed by atoms with Crippen molar-refractivity contribution in [1.82, 2.24) is 20.0 Å². The van der Waals surface area contributed by atoms with Crippen LogP contribution < -0.4 is 5.32 Å². The molecule has 7 heteroatoms. The highest BCUT2D eigenvalue weighted by Crippen LogP contribution is 2.22. The maximum Gasteiger partial charge on any atom is 0.274 e. The number of carbonyl (C=O) groups excluding carboxylic acids is 2. The molecule has 0 saturated carbocycles. The lowest BCUT2D eigenvalue weighted by atomic mass is 10.1. The highest BCUT2D eigenvalue weighted by atomic mass is 19.1. The maximum atomic E-state index is 13.1. The number of likely N-dealkylation sites (N-methyl/N-ethyl adjacent to an activating group) is 1. The van der Waals surface area contributed by atoms with E-state index in [9.17, 15) is 14.0 Å². The molecule has 1 N–H and O–H groups in total. The van der Waals surface area contributed by atoms with Gasteiger partial charge in [0.1, 0.15) is 11.9 Å². The highest BCUT2D eigenvalue weighted by Gasteiger charge is 2.30. The lowest BCUT2D eigenvalue weighted by Gasteiger charge is -2.24. The van der Waals surface area contributed by atoms with Gasteiger partial charge in [-0.05, 0) is 55.2 Å². The van der Waals surface area contributed by atoms with Gasteiger partial charge in [0.25, 0.3) is 5.91 Å². The first-order valence-corrected chi connectivity index (χ1v) is 8.32. The molecule has 25 heavy (non-hydrogen) atoms. The summed E-state index contributed by atoms with van der Waals surface area (Å²) in [5.41, 5.74) is 1.74. The van der Waals surface area contributed by atoms with E-state index in [0.29, 0.717) is 18.7 Å². The quantitative estimate of drug-likeness (QED) is 0.926. The summed E-state index contributed by atoms with van der Waals surface area (Å²) in [4.78, 5) is 26.4. The Morgan fingerprint density at radius 2 is 2.04 bits per heavy atom. The maximum absolute atomic E-state index is 13.1. The van der Waals surface area contributed by atoms with Crippen LogP contribution in [0.4, 0.5) is 4.39 Å². The summed E-state index contributed by atoms with van der Waals surface area (Å²) in [6, 6.07) is 7.20. The number of halogens is 1. The summed E-state index contributed by atoms with van der Waals surface area (Å²) in [6.45, 7) is 0.648. The molecule has 1 atom stereocenters. The van der Waals surface area contributed by atoms with E-state index >= 15 is 0 Å². The fourth-order valence-corrected chi connectivity index (χ4v) is 3.08. The average Bonchev–Trinajstić information content (AvgIpc) is 2.85. The zero-order chi connectivity index (χ0) is 18.0. The predicted octanol–water partition coefficient (Wildman–Crippen LogP) is 1.97. The fraction of sp³-hybridized carbons (Fsp3) is 0.389. The molecule has 2 amide bonds. The van der Waals surface area contributed by atoms with Crippen LogP contribution in [0.1, 0.15) is 29.8 Å². The first kappa shape index (κ1) is 17.1. The van der Waals surface area contributed by atoms with Crippen LogP contribution in [-0.2, 0) is 11.8 Å². The monoisotopic (exact) mass is 344 g/mol.